The predicted molar refractivity (Wildman–Crippen MR) is 86.6 cm³/mol. The maximum Gasteiger partial charge on any atom is 0.0517 e. The van der Waals surface area contributed by atoms with Gasteiger partial charge in [0.2, 0.25) is 0 Å². The maximum atomic E-state index is 6.15. The van der Waals surface area contributed by atoms with Crippen molar-refractivity contribution in [3.05, 3.63) is 55.6 Å². The quantitative estimate of drug-likeness (QED) is 0.801. The summed E-state index contributed by atoms with van der Waals surface area (Å²) in [5.74, 6) is 0.886. The molecule has 96 valence electrons. The van der Waals surface area contributed by atoms with Gasteiger partial charge >= 0.3 is 0 Å². The summed E-state index contributed by atoms with van der Waals surface area (Å²) in [6.45, 7) is 0.641. The number of hydrogen-bond acceptors (Lipinski definition) is 3. The molecule has 0 radical (unpaired) electrons. The minimum absolute atomic E-state index is 0.331. The normalized spacial score (nSPS) is 12.6. The lowest BCUT2D eigenvalue weighted by Gasteiger charge is -2.13. The van der Waals surface area contributed by atoms with Gasteiger partial charge in [-0.3, -0.25) is 0 Å². The molecule has 0 fully saturated rings. The minimum Gasteiger partial charge on any atom is -0.329 e. The third-order valence-electron chi connectivity index (χ3n) is 2.52. The fraction of sp³-hybridized carbons (Fsp3) is 0.231. The molecule has 2 aromatic rings. The van der Waals surface area contributed by atoms with Gasteiger partial charge in [0.15, 0.2) is 0 Å². The highest BCUT2D eigenvalue weighted by Crippen LogP contribution is 2.36. The Morgan fingerprint density at radius 3 is 2.78 bits per heavy atom. The predicted octanol–water partition coefficient (Wildman–Crippen LogP) is 5.10. The molecule has 0 amide bonds. The van der Waals surface area contributed by atoms with Gasteiger partial charge in [0, 0.05) is 32.1 Å². The first kappa shape index (κ1) is 14.4. The zero-order valence-corrected chi connectivity index (χ0v) is 13.6. The fourth-order valence-electron chi connectivity index (χ4n) is 1.57. The van der Waals surface area contributed by atoms with Gasteiger partial charge in [-0.1, -0.05) is 29.8 Å². The average Bonchev–Trinajstić information content (AvgIpc) is 2.79. The van der Waals surface area contributed by atoms with E-state index in [1.165, 1.54) is 10.4 Å². The van der Waals surface area contributed by atoms with Crippen molar-refractivity contribution in [2.45, 2.75) is 11.0 Å². The Kier molecular flexibility index (Phi) is 5.57. The van der Waals surface area contributed by atoms with Gasteiger partial charge in [0.1, 0.15) is 0 Å². The number of hydrogen-bond donors (Lipinski definition) is 1. The van der Waals surface area contributed by atoms with Crippen molar-refractivity contribution in [1.29, 1.82) is 0 Å². The van der Waals surface area contributed by atoms with Crippen molar-refractivity contribution in [3.8, 4) is 0 Å². The maximum absolute atomic E-state index is 6.15. The monoisotopic (exact) mass is 361 g/mol. The van der Waals surface area contributed by atoms with Gasteiger partial charge in [-0.25, -0.2) is 0 Å². The summed E-state index contributed by atoms with van der Waals surface area (Å²) < 4.78 is 1.12. The molecule has 1 nitrogen and oxygen atoms in total. The Balaban J connectivity index is 2.02. The summed E-state index contributed by atoms with van der Waals surface area (Å²) in [5, 5.41) is 3.25. The summed E-state index contributed by atoms with van der Waals surface area (Å²) in [4.78, 5) is 1.31. The molecule has 1 aromatic carbocycles. The van der Waals surface area contributed by atoms with Gasteiger partial charge in [0.25, 0.3) is 0 Å². The van der Waals surface area contributed by atoms with Crippen LogP contribution >= 0.6 is 50.6 Å². The van der Waals surface area contributed by atoms with Gasteiger partial charge in [-0.05, 0) is 33.6 Å². The third-order valence-corrected chi connectivity index (χ3v) is 6.17. The molecule has 0 saturated carbocycles. The lowest BCUT2D eigenvalue weighted by molar-refractivity contribution is 0.959. The van der Waals surface area contributed by atoms with Crippen LogP contribution in [-0.2, 0) is 5.75 Å². The lowest BCUT2D eigenvalue weighted by Crippen LogP contribution is -2.08. The van der Waals surface area contributed by atoms with Crippen LogP contribution in [0.5, 0.6) is 0 Å². The summed E-state index contributed by atoms with van der Waals surface area (Å²) in [5.41, 5.74) is 7.02. The Morgan fingerprint density at radius 1 is 1.39 bits per heavy atom. The molecule has 2 N–H and O–H groups in total. The number of thiophene rings is 1. The molecular formula is C13H13BrClNS2. The molecule has 1 unspecified atom stereocenters. The topological polar surface area (TPSA) is 26.0 Å². The van der Waals surface area contributed by atoms with Crippen molar-refractivity contribution in [3.63, 3.8) is 0 Å². The molecule has 0 aliphatic heterocycles. The smallest absolute Gasteiger partial charge is 0.0517 e. The van der Waals surface area contributed by atoms with E-state index in [0.717, 1.165) is 15.2 Å². The molecule has 18 heavy (non-hydrogen) atoms. The van der Waals surface area contributed by atoms with Crippen molar-refractivity contribution in [1.82, 2.24) is 0 Å². The van der Waals surface area contributed by atoms with E-state index in [2.05, 4.69) is 33.4 Å². The van der Waals surface area contributed by atoms with Crippen molar-refractivity contribution in [2.75, 3.05) is 6.54 Å². The van der Waals surface area contributed by atoms with Crippen LogP contribution < -0.4 is 5.73 Å². The minimum atomic E-state index is 0.331. The Bertz CT molecular complexity index is 515. The molecule has 0 aliphatic rings. The first-order valence-electron chi connectivity index (χ1n) is 5.49. The Labute approximate surface area is 129 Å². The largest absolute Gasteiger partial charge is 0.329 e. The molecule has 1 aromatic heterocycles. The highest BCUT2D eigenvalue weighted by atomic mass is 79.9. The standard InChI is InChI=1S/C13H13BrClNS2/c14-10-5-12(18-8-10)13(6-16)17-7-9-3-1-2-4-11(9)15/h1-5,8,13H,6-7,16H2. The summed E-state index contributed by atoms with van der Waals surface area (Å²) in [7, 11) is 0. The molecule has 0 spiro atoms. The van der Waals surface area contributed by atoms with Crippen molar-refractivity contribution in [2.24, 2.45) is 5.73 Å². The van der Waals surface area contributed by atoms with Crippen LogP contribution in [0.3, 0.4) is 0 Å². The van der Waals surface area contributed by atoms with Crippen LogP contribution in [0.1, 0.15) is 15.7 Å². The lowest BCUT2D eigenvalue weighted by atomic mass is 10.2. The summed E-state index contributed by atoms with van der Waals surface area (Å²) in [6.07, 6.45) is 0. The molecule has 0 saturated heterocycles. The molecule has 1 atom stereocenters. The van der Waals surface area contributed by atoms with Crippen molar-refractivity contribution >= 4 is 50.6 Å². The summed E-state index contributed by atoms with van der Waals surface area (Å²) in [6, 6.07) is 10.1. The number of halogens is 2. The summed E-state index contributed by atoms with van der Waals surface area (Å²) >= 11 is 13.2. The van der Waals surface area contributed by atoms with E-state index < -0.39 is 0 Å². The van der Waals surface area contributed by atoms with Gasteiger partial charge < -0.3 is 5.73 Å². The fourth-order valence-corrected chi connectivity index (χ4v) is 4.66. The average molecular weight is 363 g/mol. The molecule has 0 bridgehead atoms. The van der Waals surface area contributed by atoms with Gasteiger partial charge in [-0.2, -0.15) is 0 Å². The Hall–Kier alpha value is -0.0000000000000000833. The second-order valence-electron chi connectivity index (χ2n) is 3.79. The highest BCUT2D eigenvalue weighted by Gasteiger charge is 2.13. The van der Waals surface area contributed by atoms with E-state index in [-0.39, 0.29) is 0 Å². The van der Waals surface area contributed by atoms with Gasteiger partial charge in [0.05, 0.1) is 5.25 Å². The van der Waals surface area contributed by atoms with Crippen LogP contribution in [0.25, 0.3) is 0 Å². The molecule has 1 heterocycles. The first-order chi connectivity index (χ1) is 8.70. The van der Waals surface area contributed by atoms with Crippen LogP contribution in [0.4, 0.5) is 0 Å². The van der Waals surface area contributed by atoms with Crippen LogP contribution in [0.15, 0.2) is 40.2 Å². The van der Waals surface area contributed by atoms with Crippen molar-refractivity contribution < 1.29 is 0 Å². The van der Waals surface area contributed by atoms with E-state index in [1.54, 1.807) is 11.3 Å². The third kappa shape index (κ3) is 3.75. The van der Waals surface area contributed by atoms with E-state index in [4.69, 9.17) is 17.3 Å². The zero-order valence-electron chi connectivity index (χ0n) is 9.61. The van der Waals surface area contributed by atoms with Crippen LogP contribution in [-0.4, -0.2) is 6.54 Å². The van der Waals surface area contributed by atoms with E-state index in [1.807, 2.05) is 30.0 Å². The number of nitrogens with two attached hydrogens (primary N) is 1. The number of rotatable bonds is 5. The van der Waals surface area contributed by atoms with Gasteiger partial charge in [-0.15, -0.1) is 23.1 Å². The highest BCUT2D eigenvalue weighted by molar-refractivity contribution is 9.10. The SMILES string of the molecule is NCC(SCc1ccccc1Cl)c1cc(Br)cs1. The molecular weight excluding hydrogens is 350 g/mol. The zero-order chi connectivity index (χ0) is 13.0. The van der Waals surface area contributed by atoms with E-state index >= 15 is 0 Å². The number of thioether (sulfide) groups is 1. The van der Waals surface area contributed by atoms with Crippen LogP contribution in [0, 0.1) is 0 Å². The molecule has 0 aliphatic carbocycles. The number of benzene rings is 1. The Morgan fingerprint density at radius 2 is 2.17 bits per heavy atom. The molecule has 2 rings (SSSR count). The second-order valence-corrected chi connectivity index (χ2v) is 7.25. The van der Waals surface area contributed by atoms with E-state index in [0.29, 0.717) is 11.8 Å². The molecule has 5 heteroatoms. The second kappa shape index (κ2) is 6.96. The van der Waals surface area contributed by atoms with E-state index in [9.17, 15) is 0 Å². The first-order valence-corrected chi connectivity index (χ1v) is 8.59. The van der Waals surface area contributed by atoms with Crippen LogP contribution in [0.2, 0.25) is 5.02 Å².